The Morgan fingerprint density at radius 3 is 1.81 bits per heavy atom. The van der Waals surface area contributed by atoms with Crippen LogP contribution in [-0.2, 0) is 0 Å². The van der Waals surface area contributed by atoms with E-state index in [1.165, 1.54) is 33.4 Å². The highest BCUT2D eigenvalue weighted by molar-refractivity contribution is 5.88. The molecule has 4 aromatic carbocycles. The summed E-state index contributed by atoms with van der Waals surface area (Å²) in [5.74, 6) is 0.180. The zero-order chi connectivity index (χ0) is 20.6. The molecule has 146 valence electrons. The van der Waals surface area contributed by atoms with Crippen LogP contribution < -0.4 is 0 Å². The van der Waals surface area contributed by atoms with Crippen LogP contribution in [-0.4, -0.2) is 4.98 Å². The van der Waals surface area contributed by atoms with Crippen LogP contribution in [0.25, 0.3) is 33.6 Å². The van der Waals surface area contributed by atoms with Crippen LogP contribution in [0.5, 0.6) is 0 Å². The summed E-state index contributed by atoms with van der Waals surface area (Å²) >= 11 is 0. The Morgan fingerprint density at radius 2 is 1.10 bits per heavy atom. The van der Waals surface area contributed by atoms with Crippen molar-refractivity contribution >= 4 is 0 Å². The molecule has 1 heterocycles. The maximum atomic E-state index is 5.23. The second-order valence-electron chi connectivity index (χ2n) is 7.98. The number of aromatic nitrogens is 1. The van der Waals surface area contributed by atoms with Crippen molar-refractivity contribution in [3.05, 3.63) is 138 Å². The van der Waals surface area contributed by atoms with Gasteiger partial charge in [0.2, 0.25) is 0 Å². The average Bonchev–Trinajstić information content (AvgIpc) is 3.19. The molecule has 0 amide bonds. The Kier molecular flexibility index (Phi) is 4.25. The monoisotopic (exact) mass is 395 g/mol. The van der Waals surface area contributed by atoms with Crippen LogP contribution in [0.1, 0.15) is 22.6 Å². The third kappa shape index (κ3) is 2.98. The van der Waals surface area contributed by atoms with Crippen molar-refractivity contribution in [2.24, 2.45) is 0 Å². The van der Waals surface area contributed by atoms with Gasteiger partial charge >= 0.3 is 0 Å². The summed E-state index contributed by atoms with van der Waals surface area (Å²) in [6.45, 7) is 0. The van der Waals surface area contributed by atoms with Crippen LogP contribution >= 0.6 is 0 Å². The van der Waals surface area contributed by atoms with E-state index in [1.807, 2.05) is 0 Å². The summed E-state index contributed by atoms with van der Waals surface area (Å²) in [5.41, 5.74) is 10.9. The van der Waals surface area contributed by atoms with Crippen LogP contribution in [0.3, 0.4) is 0 Å². The standard InChI is InChI=1S/C30H21N/c1-4-12-21(13-5-1)26-20-27(22-14-6-2-7-15-22)31-30-25-19-11-10-18-24(25)28(29(26)30)23-16-8-3-9-17-23/h1-20,28H. The van der Waals surface area contributed by atoms with Gasteiger partial charge in [-0.25, -0.2) is 4.98 Å². The molecule has 31 heavy (non-hydrogen) atoms. The SMILES string of the molecule is c1ccc(-c2cc(-c3ccccc3)c3c(n2)-c2ccccc2C3c2ccccc2)cc1. The summed E-state index contributed by atoms with van der Waals surface area (Å²) in [7, 11) is 0. The molecule has 0 aliphatic heterocycles. The van der Waals surface area contributed by atoms with Gasteiger partial charge in [0.15, 0.2) is 0 Å². The highest BCUT2D eigenvalue weighted by Crippen LogP contribution is 2.51. The van der Waals surface area contributed by atoms with Gasteiger partial charge in [-0.05, 0) is 33.9 Å². The van der Waals surface area contributed by atoms with Crippen LogP contribution in [0.2, 0.25) is 0 Å². The first-order valence-electron chi connectivity index (χ1n) is 10.7. The Morgan fingerprint density at radius 1 is 0.516 bits per heavy atom. The van der Waals surface area contributed by atoms with E-state index in [9.17, 15) is 0 Å². The number of nitrogens with zero attached hydrogens (tertiary/aromatic N) is 1. The third-order valence-electron chi connectivity index (χ3n) is 6.16. The Bertz CT molecular complexity index is 1360. The minimum absolute atomic E-state index is 0.180. The van der Waals surface area contributed by atoms with E-state index in [4.69, 9.17) is 4.98 Å². The van der Waals surface area contributed by atoms with Gasteiger partial charge in [-0.15, -0.1) is 0 Å². The Labute approximate surface area is 182 Å². The van der Waals surface area contributed by atoms with Gasteiger partial charge in [0.1, 0.15) is 0 Å². The summed E-state index contributed by atoms with van der Waals surface area (Å²) in [4.78, 5) is 5.23. The molecule has 1 unspecified atom stereocenters. The molecular formula is C30H21N. The largest absolute Gasteiger partial charge is 0.247 e. The van der Waals surface area contributed by atoms with Gasteiger partial charge < -0.3 is 0 Å². The second-order valence-corrected chi connectivity index (χ2v) is 7.98. The first kappa shape index (κ1) is 17.9. The van der Waals surface area contributed by atoms with Crippen molar-refractivity contribution in [3.8, 4) is 33.6 Å². The number of benzene rings is 4. The minimum Gasteiger partial charge on any atom is -0.247 e. The van der Waals surface area contributed by atoms with Crippen molar-refractivity contribution in [3.63, 3.8) is 0 Å². The molecule has 0 saturated carbocycles. The molecule has 1 atom stereocenters. The lowest BCUT2D eigenvalue weighted by Gasteiger charge is -2.19. The highest BCUT2D eigenvalue weighted by atomic mass is 14.7. The van der Waals surface area contributed by atoms with Crippen molar-refractivity contribution in [1.82, 2.24) is 4.98 Å². The topological polar surface area (TPSA) is 12.9 Å². The van der Waals surface area contributed by atoms with Gasteiger partial charge in [0.25, 0.3) is 0 Å². The van der Waals surface area contributed by atoms with Crippen LogP contribution in [0.4, 0.5) is 0 Å². The molecule has 0 fully saturated rings. The first-order valence-corrected chi connectivity index (χ1v) is 10.7. The molecule has 0 spiro atoms. The molecule has 1 heteroatoms. The molecule has 6 rings (SSSR count). The van der Waals surface area contributed by atoms with E-state index < -0.39 is 0 Å². The maximum absolute atomic E-state index is 5.23. The summed E-state index contributed by atoms with van der Waals surface area (Å²) < 4.78 is 0. The lowest BCUT2D eigenvalue weighted by Crippen LogP contribution is -2.02. The van der Waals surface area contributed by atoms with Gasteiger partial charge in [-0.3, -0.25) is 0 Å². The molecule has 1 aliphatic carbocycles. The molecule has 1 aromatic heterocycles. The predicted molar refractivity (Wildman–Crippen MR) is 128 cm³/mol. The van der Waals surface area contributed by atoms with E-state index in [0.29, 0.717) is 0 Å². The molecule has 1 nitrogen and oxygen atoms in total. The van der Waals surface area contributed by atoms with Crippen LogP contribution in [0.15, 0.2) is 121 Å². The number of hydrogen-bond acceptors (Lipinski definition) is 1. The average molecular weight is 396 g/mol. The third-order valence-corrected chi connectivity index (χ3v) is 6.16. The van der Waals surface area contributed by atoms with Crippen molar-refractivity contribution in [2.75, 3.05) is 0 Å². The van der Waals surface area contributed by atoms with E-state index >= 15 is 0 Å². The number of fused-ring (bicyclic) bond motifs is 3. The van der Waals surface area contributed by atoms with Gasteiger partial charge in [-0.2, -0.15) is 0 Å². The van der Waals surface area contributed by atoms with Gasteiger partial charge in [0, 0.05) is 17.0 Å². The highest BCUT2D eigenvalue weighted by Gasteiger charge is 2.34. The van der Waals surface area contributed by atoms with Gasteiger partial charge in [0.05, 0.1) is 11.4 Å². The molecule has 1 aliphatic rings. The fourth-order valence-electron chi connectivity index (χ4n) is 4.78. The molecule has 0 bridgehead atoms. The summed E-state index contributed by atoms with van der Waals surface area (Å²) in [5, 5.41) is 0. The summed E-state index contributed by atoms with van der Waals surface area (Å²) in [6.07, 6.45) is 0. The Hall–Kier alpha value is -3.97. The fourth-order valence-corrected chi connectivity index (χ4v) is 4.78. The second kappa shape index (κ2) is 7.37. The zero-order valence-electron chi connectivity index (χ0n) is 17.1. The summed E-state index contributed by atoms with van der Waals surface area (Å²) in [6, 6.07) is 43.0. The maximum Gasteiger partial charge on any atom is 0.0760 e. The molecule has 5 aromatic rings. The normalized spacial score (nSPS) is 14.1. The van der Waals surface area contributed by atoms with Crippen LogP contribution in [0, 0.1) is 0 Å². The van der Waals surface area contributed by atoms with Crippen molar-refractivity contribution in [2.45, 2.75) is 5.92 Å². The van der Waals surface area contributed by atoms with E-state index in [2.05, 4.69) is 121 Å². The fraction of sp³-hybridized carbons (Fsp3) is 0.0333. The van der Waals surface area contributed by atoms with Crippen molar-refractivity contribution in [1.29, 1.82) is 0 Å². The Balaban J connectivity index is 1.70. The predicted octanol–water partition coefficient (Wildman–Crippen LogP) is 7.58. The number of hydrogen-bond donors (Lipinski definition) is 0. The van der Waals surface area contributed by atoms with Crippen molar-refractivity contribution < 1.29 is 0 Å². The van der Waals surface area contributed by atoms with E-state index in [1.54, 1.807) is 0 Å². The quantitative estimate of drug-likeness (QED) is 0.301. The smallest absolute Gasteiger partial charge is 0.0760 e. The molecule has 0 radical (unpaired) electrons. The molecule has 0 saturated heterocycles. The van der Waals surface area contributed by atoms with Gasteiger partial charge in [-0.1, -0.05) is 115 Å². The lowest BCUT2D eigenvalue weighted by atomic mass is 9.85. The molecule has 0 N–H and O–H groups in total. The number of pyridine rings is 1. The van der Waals surface area contributed by atoms with E-state index in [0.717, 1.165) is 17.0 Å². The number of rotatable bonds is 3. The minimum atomic E-state index is 0.180. The lowest BCUT2D eigenvalue weighted by molar-refractivity contribution is 1.01. The zero-order valence-corrected chi connectivity index (χ0v) is 17.1. The van der Waals surface area contributed by atoms with E-state index in [-0.39, 0.29) is 5.92 Å². The molecular weight excluding hydrogens is 374 g/mol. The first-order chi connectivity index (χ1) is 15.4.